The second kappa shape index (κ2) is 8.76. The number of carbonyl (C=O) groups is 1. The smallest absolute Gasteiger partial charge is 0.280 e. The van der Waals surface area contributed by atoms with Crippen molar-refractivity contribution in [3.8, 4) is 5.69 Å². The summed E-state index contributed by atoms with van der Waals surface area (Å²) >= 11 is 1.44. The molecule has 0 atom stereocenters. The number of amides is 1. The molecule has 0 spiro atoms. The van der Waals surface area contributed by atoms with E-state index in [4.69, 9.17) is 4.74 Å². The zero-order chi connectivity index (χ0) is 20.1. The highest BCUT2D eigenvalue weighted by Gasteiger charge is 2.21. The molecule has 0 aliphatic rings. The number of nitrogens with zero attached hydrogens (tertiary/aromatic N) is 4. The van der Waals surface area contributed by atoms with E-state index >= 15 is 0 Å². The number of benzene rings is 2. The van der Waals surface area contributed by atoms with Gasteiger partial charge in [-0.1, -0.05) is 53.7 Å². The number of hydrogen-bond acceptors (Lipinski definition) is 6. The Bertz CT molecular complexity index is 1090. The van der Waals surface area contributed by atoms with Crippen LogP contribution in [0.5, 0.6) is 0 Å². The van der Waals surface area contributed by atoms with Gasteiger partial charge in [-0.3, -0.25) is 10.1 Å². The molecular formula is C21H19N5O2S. The van der Waals surface area contributed by atoms with Crippen molar-refractivity contribution in [2.75, 3.05) is 12.4 Å². The van der Waals surface area contributed by atoms with Crippen LogP contribution in [0.15, 0.2) is 66.9 Å². The molecular weight excluding hydrogens is 386 g/mol. The van der Waals surface area contributed by atoms with Gasteiger partial charge in [-0.05, 0) is 17.7 Å². The highest BCUT2D eigenvalue weighted by Crippen LogP contribution is 2.22. The average molecular weight is 405 g/mol. The average Bonchev–Trinajstić information content (AvgIpc) is 3.37. The lowest BCUT2D eigenvalue weighted by Gasteiger charge is -2.07. The molecule has 0 saturated carbocycles. The largest absolute Gasteiger partial charge is 0.378 e. The molecule has 29 heavy (non-hydrogen) atoms. The van der Waals surface area contributed by atoms with E-state index in [1.807, 2.05) is 48.5 Å². The Kier molecular flexibility index (Phi) is 5.73. The number of aromatic nitrogens is 4. The Labute approximate surface area is 172 Å². The van der Waals surface area contributed by atoms with Gasteiger partial charge in [0.2, 0.25) is 0 Å². The maximum Gasteiger partial charge on any atom is 0.280 e. The Morgan fingerprint density at radius 1 is 1.10 bits per heavy atom. The molecule has 0 fully saturated rings. The van der Waals surface area contributed by atoms with Gasteiger partial charge in [0.25, 0.3) is 5.91 Å². The summed E-state index contributed by atoms with van der Waals surface area (Å²) in [5.74, 6) is -0.361. The molecule has 7 nitrogen and oxygen atoms in total. The molecule has 0 saturated heterocycles. The number of thiazole rings is 1. The van der Waals surface area contributed by atoms with Crippen LogP contribution in [0.4, 0.5) is 5.13 Å². The quantitative estimate of drug-likeness (QED) is 0.507. The van der Waals surface area contributed by atoms with Crippen molar-refractivity contribution in [2.45, 2.75) is 13.0 Å². The number of carbonyl (C=O) groups excluding carboxylic acids is 1. The third kappa shape index (κ3) is 4.39. The maximum atomic E-state index is 12.8. The van der Waals surface area contributed by atoms with Gasteiger partial charge < -0.3 is 4.74 Å². The molecule has 0 bridgehead atoms. The second-order valence-electron chi connectivity index (χ2n) is 6.31. The molecule has 4 rings (SSSR count). The number of para-hydroxylation sites is 1. The van der Waals surface area contributed by atoms with Crippen LogP contribution in [0.1, 0.15) is 26.6 Å². The fourth-order valence-corrected chi connectivity index (χ4v) is 3.76. The normalized spacial score (nSPS) is 10.8. The first-order valence-corrected chi connectivity index (χ1v) is 9.85. The number of methoxy groups -OCH3 is 1. The molecule has 8 heteroatoms. The first-order chi connectivity index (χ1) is 14.2. The van der Waals surface area contributed by atoms with Gasteiger partial charge in [-0.15, -0.1) is 16.4 Å². The predicted molar refractivity (Wildman–Crippen MR) is 111 cm³/mol. The predicted octanol–water partition coefficient (Wildman–Crippen LogP) is 3.71. The summed E-state index contributed by atoms with van der Waals surface area (Å²) in [6, 6.07) is 19.6. The Hall–Kier alpha value is -3.36. The van der Waals surface area contributed by atoms with E-state index in [-0.39, 0.29) is 18.2 Å². The van der Waals surface area contributed by atoms with E-state index in [0.717, 1.165) is 17.0 Å². The van der Waals surface area contributed by atoms with E-state index in [1.54, 1.807) is 18.0 Å². The lowest BCUT2D eigenvalue weighted by molar-refractivity contribution is 0.101. The topological polar surface area (TPSA) is 81.9 Å². The summed E-state index contributed by atoms with van der Waals surface area (Å²) in [6.07, 6.45) is 2.55. The molecule has 4 aromatic rings. The third-order valence-electron chi connectivity index (χ3n) is 4.26. The lowest BCUT2D eigenvalue weighted by Crippen LogP contribution is -2.15. The minimum absolute atomic E-state index is 0.210. The van der Waals surface area contributed by atoms with Crippen molar-refractivity contribution < 1.29 is 9.53 Å². The Morgan fingerprint density at radius 3 is 2.55 bits per heavy atom. The van der Waals surface area contributed by atoms with Crippen molar-refractivity contribution in [1.29, 1.82) is 0 Å². The second-order valence-corrected chi connectivity index (χ2v) is 7.43. The summed E-state index contributed by atoms with van der Waals surface area (Å²) in [6.45, 7) is 0.210. The molecule has 0 aliphatic heterocycles. The van der Waals surface area contributed by atoms with Gasteiger partial charge >= 0.3 is 0 Å². The van der Waals surface area contributed by atoms with E-state index in [0.29, 0.717) is 10.8 Å². The van der Waals surface area contributed by atoms with Crippen LogP contribution < -0.4 is 5.32 Å². The summed E-state index contributed by atoms with van der Waals surface area (Å²) < 4.78 is 6.88. The van der Waals surface area contributed by atoms with Crippen molar-refractivity contribution >= 4 is 22.4 Å². The van der Waals surface area contributed by atoms with Crippen LogP contribution in [0.3, 0.4) is 0 Å². The summed E-state index contributed by atoms with van der Waals surface area (Å²) in [5.41, 5.74) is 2.81. The molecule has 1 amide bonds. The number of anilines is 1. The molecule has 2 aromatic heterocycles. The van der Waals surface area contributed by atoms with E-state index in [9.17, 15) is 4.79 Å². The lowest BCUT2D eigenvalue weighted by atomic mass is 10.1. The van der Waals surface area contributed by atoms with Crippen LogP contribution in [0.2, 0.25) is 0 Å². The van der Waals surface area contributed by atoms with Gasteiger partial charge in [-0.25, -0.2) is 9.67 Å². The number of ether oxygens (including phenoxy) is 1. The number of nitrogens with one attached hydrogen (secondary N) is 1. The minimum Gasteiger partial charge on any atom is -0.378 e. The van der Waals surface area contributed by atoms with Crippen molar-refractivity contribution in [2.24, 2.45) is 0 Å². The van der Waals surface area contributed by atoms with Crippen molar-refractivity contribution in [1.82, 2.24) is 20.0 Å². The zero-order valence-corrected chi connectivity index (χ0v) is 16.6. The Morgan fingerprint density at radius 2 is 1.83 bits per heavy atom. The fraction of sp³-hybridized carbons (Fsp3) is 0.143. The van der Waals surface area contributed by atoms with Crippen LogP contribution in [0.25, 0.3) is 5.69 Å². The van der Waals surface area contributed by atoms with Gasteiger partial charge in [0, 0.05) is 24.6 Å². The van der Waals surface area contributed by atoms with Crippen LogP contribution in [-0.4, -0.2) is 33.0 Å². The fourth-order valence-electron chi connectivity index (χ4n) is 2.92. The monoisotopic (exact) mass is 405 g/mol. The first-order valence-electron chi connectivity index (χ1n) is 9.03. The molecule has 2 heterocycles. The minimum atomic E-state index is -0.361. The highest BCUT2D eigenvalue weighted by molar-refractivity contribution is 7.15. The summed E-state index contributed by atoms with van der Waals surface area (Å²) in [4.78, 5) is 18.2. The molecule has 0 aliphatic carbocycles. The molecule has 0 radical (unpaired) electrons. The molecule has 1 N–H and O–H groups in total. The van der Waals surface area contributed by atoms with Gasteiger partial charge in [0.05, 0.1) is 12.3 Å². The standard InChI is InChI=1S/C21H19N5O2S/c1-28-14-18-19(24-25-26(18)16-10-6-3-7-11-16)20(27)23-21-22-13-17(29-21)12-15-8-4-2-5-9-15/h2-11,13H,12,14H2,1H3,(H,22,23,27). The first kappa shape index (κ1) is 19.0. The third-order valence-corrected chi connectivity index (χ3v) is 5.17. The van der Waals surface area contributed by atoms with E-state index in [2.05, 4.69) is 32.7 Å². The van der Waals surface area contributed by atoms with Crippen LogP contribution >= 0.6 is 11.3 Å². The summed E-state index contributed by atoms with van der Waals surface area (Å²) in [5, 5.41) is 11.6. The molecule has 146 valence electrons. The summed E-state index contributed by atoms with van der Waals surface area (Å²) in [7, 11) is 1.57. The molecule has 0 unspecified atom stereocenters. The highest BCUT2D eigenvalue weighted by atomic mass is 32.1. The van der Waals surface area contributed by atoms with Crippen molar-refractivity contribution in [3.63, 3.8) is 0 Å². The van der Waals surface area contributed by atoms with E-state index in [1.165, 1.54) is 16.9 Å². The van der Waals surface area contributed by atoms with Gasteiger partial charge in [0.1, 0.15) is 5.69 Å². The van der Waals surface area contributed by atoms with Crippen molar-refractivity contribution in [3.05, 3.63) is 88.7 Å². The number of hydrogen-bond donors (Lipinski definition) is 1. The van der Waals surface area contributed by atoms with Gasteiger partial charge in [-0.2, -0.15) is 0 Å². The number of rotatable bonds is 7. The van der Waals surface area contributed by atoms with Gasteiger partial charge in [0.15, 0.2) is 10.8 Å². The van der Waals surface area contributed by atoms with E-state index < -0.39 is 0 Å². The SMILES string of the molecule is COCc1c(C(=O)Nc2ncc(Cc3ccccc3)s2)nnn1-c1ccccc1. The zero-order valence-electron chi connectivity index (χ0n) is 15.8. The molecule has 2 aromatic carbocycles. The van der Waals surface area contributed by atoms with Crippen LogP contribution in [-0.2, 0) is 17.8 Å². The van der Waals surface area contributed by atoms with Crippen LogP contribution in [0, 0.1) is 0 Å². The maximum absolute atomic E-state index is 12.8. The Balaban J connectivity index is 1.52.